The number of para-hydroxylation sites is 2. The van der Waals surface area contributed by atoms with Crippen LogP contribution in [-0.4, -0.2) is 24.1 Å². The largest absolute Gasteiger partial charge is 0.309 e. The summed E-state index contributed by atoms with van der Waals surface area (Å²) in [7, 11) is 0. The molecule has 0 spiro atoms. The van der Waals surface area contributed by atoms with E-state index in [0.717, 1.165) is 83.7 Å². The van der Waals surface area contributed by atoms with Crippen LogP contribution < -0.4 is 0 Å². The van der Waals surface area contributed by atoms with Gasteiger partial charge in [0.2, 0.25) is 0 Å². The first-order valence-corrected chi connectivity index (χ1v) is 20.9. The zero-order valence-electron chi connectivity index (χ0n) is 33.6. The van der Waals surface area contributed by atoms with Crippen LogP contribution in [0.4, 0.5) is 0 Å². The molecule has 4 aromatic heterocycles. The lowest BCUT2D eigenvalue weighted by Crippen LogP contribution is -1.97. The van der Waals surface area contributed by atoms with Gasteiger partial charge in [-0.2, -0.15) is 5.10 Å². The van der Waals surface area contributed by atoms with E-state index >= 15 is 0 Å². The van der Waals surface area contributed by atoms with Crippen molar-refractivity contribution in [3.8, 4) is 73.2 Å². The predicted molar refractivity (Wildman–Crippen MR) is 255 cm³/mol. The summed E-state index contributed by atoms with van der Waals surface area (Å²) in [6, 6.07) is 79.0. The van der Waals surface area contributed by atoms with Gasteiger partial charge >= 0.3 is 0 Å². The molecule has 0 aliphatic carbocycles. The Morgan fingerprint density at radius 2 is 0.871 bits per heavy atom. The maximum atomic E-state index is 5.49. The zero-order chi connectivity index (χ0) is 41.0. The van der Waals surface area contributed by atoms with Gasteiger partial charge < -0.3 is 4.57 Å². The molecular formula is C57H37N5. The second-order valence-electron chi connectivity index (χ2n) is 15.7. The Morgan fingerprint density at radius 1 is 0.355 bits per heavy atom. The van der Waals surface area contributed by atoms with Crippen LogP contribution in [0.25, 0.3) is 111 Å². The molecule has 5 nitrogen and oxygen atoms in total. The Morgan fingerprint density at radius 3 is 1.53 bits per heavy atom. The highest BCUT2D eigenvalue weighted by atomic mass is 15.2. The van der Waals surface area contributed by atoms with Crippen molar-refractivity contribution in [2.45, 2.75) is 0 Å². The van der Waals surface area contributed by atoms with Gasteiger partial charge in [0.05, 0.1) is 33.6 Å². The van der Waals surface area contributed by atoms with Crippen LogP contribution in [-0.2, 0) is 0 Å². The summed E-state index contributed by atoms with van der Waals surface area (Å²) in [6.07, 6.45) is 0. The molecule has 12 rings (SSSR count). The molecule has 4 heterocycles. The van der Waals surface area contributed by atoms with E-state index in [1.165, 1.54) is 21.8 Å². The van der Waals surface area contributed by atoms with E-state index in [2.05, 4.69) is 227 Å². The van der Waals surface area contributed by atoms with E-state index in [9.17, 15) is 0 Å². The highest BCUT2D eigenvalue weighted by Crippen LogP contribution is 2.42. The Labute approximate surface area is 358 Å². The van der Waals surface area contributed by atoms with Gasteiger partial charge in [0, 0.05) is 55.2 Å². The Balaban J connectivity index is 1.03. The monoisotopic (exact) mass is 791 g/mol. The molecule has 8 aromatic carbocycles. The quantitative estimate of drug-likeness (QED) is 0.162. The normalized spacial score (nSPS) is 11.5. The van der Waals surface area contributed by atoms with E-state index < -0.39 is 0 Å². The molecule has 0 saturated carbocycles. The third-order valence-corrected chi connectivity index (χ3v) is 11.9. The van der Waals surface area contributed by atoms with Gasteiger partial charge in [-0.05, 0) is 53.4 Å². The number of pyridine rings is 1. The SMILES string of the molecule is c1ccc(-c2cc(-c3ccc(-n4c5ccccc5c5ccccc54)cc3)nc(-c3cccc(-c4nn5c(-c6ccccc6)cc6ccccc6c5c4-c4ccccc4)c3)n2)cc1. The van der Waals surface area contributed by atoms with Crippen LogP contribution in [0.2, 0.25) is 0 Å². The lowest BCUT2D eigenvalue weighted by atomic mass is 9.96. The molecule has 62 heavy (non-hydrogen) atoms. The lowest BCUT2D eigenvalue weighted by Gasteiger charge is -2.12. The predicted octanol–water partition coefficient (Wildman–Crippen LogP) is 14.4. The minimum absolute atomic E-state index is 0.648. The molecule has 0 atom stereocenters. The molecule has 0 fully saturated rings. The van der Waals surface area contributed by atoms with Crippen molar-refractivity contribution in [1.29, 1.82) is 0 Å². The smallest absolute Gasteiger partial charge is 0.160 e. The molecule has 0 aliphatic heterocycles. The second kappa shape index (κ2) is 14.7. The van der Waals surface area contributed by atoms with Crippen LogP contribution in [0.3, 0.4) is 0 Å². The standard InChI is InChI=1S/C57H37N5/c1-4-17-38(18-5-1)49-37-50(39-31-33-45(34-32-39)61-51-29-14-12-27-47(51)48-28-13-15-30-52(48)61)59-57(58-49)44-25-16-24-43(35-44)55-54(41-21-8-3-9-22-41)56-46-26-11-10-23-42(46)36-53(62(56)60-55)40-19-6-2-7-20-40/h1-37H. The third kappa shape index (κ3) is 5.98. The van der Waals surface area contributed by atoms with Crippen molar-refractivity contribution in [2.24, 2.45) is 0 Å². The number of benzene rings is 8. The molecule has 290 valence electrons. The molecule has 0 aliphatic rings. The first-order valence-electron chi connectivity index (χ1n) is 20.9. The first kappa shape index (κ1) is 35.5. The van der Waals surface area contributed by atoms with E-state index in [1.807, 2.05) is 6.07 Å². The van der Waals surface area contributed by atoms with Gasteiger partial charge in [-0.25, -0.2) is 14.5 Å². The van der Waals surface area contributed by atoms with Crippen LogP contribution in [0.15, 0.2) is 224 Å². The summed E-state index contributed by atoms with van der Waals surface area (Å²) in [6.45, 7) is 0. The Hall–Kier alpha value is -8.41. The maximum absolute atomic E-state index is 5.49. The Bertz CT molecular complexity index is 3550. The summed E-state index contributed by atoms with van der Waals surface area (Å²) >= 11 is 0. The molecule has 12 aromatic rings. The van der Waals surface area contributed by atoms with Crippen LogP contribution in [0.1, 0.15) is 0 Å². The van der Waals surface area contributed by atoms with Gasteiger partial charge in [0.1, 0.15) is 5.69 Å². The fraction of sp³-hybridized carbons (Fsp3) is 0. The van der Waals surface area contributed by atoms with Gasteiger partial charge in [-0.3, -0.25) is 0 Å². The van der Waals surface area contributed by atoms with Crippen molar-refractivity contribution in [3.63, 3.8) is 0 Å². The summed E-state index contributed by atoms with van der Waals surface area (Å²) in [5.41, 5.74) is 15.4. The van der Waals surface area contributed by atoms with Crippen molar-refractivity contribution >= 4 is 38.1 Å². The molecule has 0 unspecified atom stereocenters. The number of hydrogen-bond donors (Lipinski definition) is 0. The van der Waals surface area contributed by atoms with Crippen LogP contribution in [0.5, 0.6) is 0 Å². The Kier molecular flexibility index (Phi) is 8.42. The highest BCUT2D eigenvalue weighted by Gasteiger charge is 2.22. The molecule has 0 radical (unpaired) electrons. The number of aromatic nitrogens is 5. The zero-order valence-corrected chi connectivity index (χ0v) is 33.6. The summed E-state index contributed by atoms with van der Waals surface area (Å²) < 4.78 is 4.48. The summed E-state index contributed by atoms with van der Waals surface area (Å²) in [5, 5.41) is 10.3. The third-order valence-electron chi connectivity index (χ3n) is 11.9. The molecule has 0 N–H and O–H groups in total. The molecule has 0 amide bonds. The van der Waals surface area contributed by atoms with E-state index in [1.54, 1.807) is 0 Å². The van der Waals surface area contributed by atoms with Gasteiger partial charge in [-0.15, -0.1) is 0 Å². The van der Waals surface area contributed by atoms with Crippen LogP contribution >= 0.6 is 0 Å². The van der Waals surface area contributed by atoms with Crippen molar-refractivity contribution in [2.75, 3.05) is 0 Å². The summed E-state index contributed by atoms with van der Waals surface area (Å²) in [4.78, 5) is 10.5. The minimum Gasteiger partial charge on any atom is -0.309 e. The molecular weight excluding hydrogens is 755 g/mol. The maximum Gasteiger partial charge on any atom is 0.160 e. The topological polar surface area (TPSA) is 48.0 Å². The second-order valence-corrected chi connectivity index (χ2v) is 15.7. The minimum atomic E-state index is 0.648. The van der Waals surface area contributed by atoms with Crippen molar-refractivity contribution in [1.82, 2.24) is 24.1 Å². The number of hydrogen-bond acceptors (Lipinski definition) is 3. The average molecular weight is 792 g/mol. The fourth-order valence-electron chi connectivity index (χ4n) is 9.05. The van der Waals surface area contributed by atoms with E-state index in [-0.39, 0.29) is 0 Å². The van der Waals surface area contributed by atoms with Gasteiger partial charge in [0.25, 0.3) is 0 Å². The molecule has 5 heteroatoms. The molecule has 0 bridgehead atoms. The molecule has 0 saturated heterocycles. The summed E-state index contributed by atoms with van der Waals surface area (Å²) in [5.74, 6) is 0.648. The van der Waals surface area contributed by atoms with Crippen molar-refractivity contribution in [3.05, 3.63) is 224 Å². The highest BCUT2D eigenvalue weighted by molar-refractivity contribution is 6.10. The van der Waals surface area contributed by atoms with Gasteiger partial charge in [-0.1, -0.05) is 182 Å². The number of rotatable bonds is 7. The average Bonchev–Trinajstić information content (AvgIpc) is 3.92. The fourth-order valence-corrected chi connectivity index (χ4v) is 9.05. The lowest BCUT2D eigenvalue weighted by molar-refractivity contribution is 0.979. The van der Waals surface area contributed by atoms with Gasteiger partial charge in [0.15, 0.2) is 5.82 Å². The first-order chi connectivity index (χ1) is 30.7. The van der Waals surface area contributed by atoms with E-state index in [0.29, 0.717) is 5.82 Å². The van der Waals surface area contributed by atoms with E-state index in [4.69, 9.17) is 15.1 Å². The number of fused-ring (bicyclic) bond motifs is 6. The van der Waals surface area contributed by atoms with Crippen molar-refractivity contribution < 1.29 is 0 Å². The number of nitrogens with zero attached hydrogens (tertiary/aromatic N) is 5. The van der Waals surface area contributed by atoms with Crippen LogP contribution in [0, 0.1) is 0 Å².